The molecule has 2 aromatic heterocycles. The number of nitrogens with one attached hydrogen (secondary N) is 2. The van der Waals surface area contributed by atoms with Gasteiger partial charge in [-0.2, -0.15) is 5.10 Å². The Morgan fingerprint density at radius 2 is 1.97 bits per heavy atom. The lowest BCUT2D eigenvalue weighted by Crippen LogP contribution is -2.04. The van der Waals surface area contributed by atoms with Crippen LogP contribution in [-0.2, 0) is 0 Å². The minimum atomic E-state index is 0.540. The monoisotopic (exact) mass is 389 g/mol. The quantitative estimate of drug-likeness (QED) is 0.509. The normalized spacial score (nSPS) is 16.2. The number of aliphatic imine (C=N–C) groups is 1. The number of hydrogen-bond donors (Lipinski definition) is 2. The molecule has 5 rings (SSSR count). The molecule has 6 heteroatoms. The van der Waals surface area contributed by atoms with Crippen molar-refractivity contribution in [3.63, 3.8) is 0 Å². The van der Waals surface area contributed by atoms with E-state index >= 15 is 0 Å². The number of H-pyrrole nitrogens is 1. The predicted molar refractivity (Wildman–Crippen MR) is 116 cm³/mol. The molecule has 150 valence electrons. The molecule has 0 aliphatic heterocycles. The summed E-state index contributed by atoms with van der Waals surface area (Å²) in [6, 6.07) is 4.36. The predicted octanol–water partition coefficient (Wildman–Crippen LogP) is 5.69. The summed E-state index contributed by atoms with van der Waals surface area (Å²) >= 11 is 0. The van der Waals surface area contributed by atoms with E-state index in [1.807, 2.05) is 13.8 Å². The first kappa shape index (κ1) is 18.2. The molecule has 0 amide bonds. The topological polar surface area (TPSA) is 79.1 Å². The fourth-order valence-electron chi connectivity index (χ4n) is 4.19. The van der Waals surface area contributed by atoms with Crippen molar-refractivity contribution in [2.24, 2.45) is 10.9 Å². The summed E-state index contributed by atoms with van der Waals surface area (Å²) in [4.78, 5) is 4.46. The number of hydrogen-bond acceptors (Lipinski definition) is 5. The highest BCUT2D eigenvalue weighted by Gasteiger charge is 2.32. The molecule has 3 aromatic rings. The van der Waals surface area contributed by atoms with Crippen LogP contribution in [-0.4, -0.2) is 28.6 Å². The highest BCUT2D eigenvalue weighted by molar-refractivity contribution is 5.93. The summed E-state index contributed by atoms with van der Waals surface area (Å²) in [5.74, 6) is 2.13. The fourth-order valence-corrected chi connectivity index (χ4v) is 4.19. The van der Waals surface area contributed by atoms with Gasteiger partial charge in [0.15, 0.2) is 0 Å². The summed E-state index contributed by atoms with van der Waals surface area (Å²) in [7, 11) is 0. The van der Waals surface area contributed by atoms with E-state index in [4.69, 9.17) is 4.52 Å². The third kappa shape index (κ3) is 3.26. The third-order valence-corrected chi connectivity index (χ3v) is 6.08. The van der Waals surface area contributed by atoms with E-state index in [0.717, 1.165) is 68.9 Å². The molecule has 29 heavy (non-hydrogen) atoms. The van der Waals surface area contributed by atoms with E-state index in [2.05, 4.69) is 51.4 Å². The average Bonchev–Trinajstić information content (AvgIpc) is 3.63. The second-order valence-corrected chi connectivity index (χ2v) is 8.48. The van der Waals surface area contributed by atoms with Gasteiger partial charge in [0, 0.05) is 34.8 Å². The van der Waals surface area contributed by atoms with Gasteiger partial charge in [-0.1, -0.05) is 5.16 Å². The van der Waals surface area contributed by atoms with E-state index in [1.54, 1.807) is 0 Å². The molecule has 0 spiro atoms. The van der Waals surface area contributed by atoms with Crippen molar-refractivity contribution in [2.45, 2.75) is 52.4 Å². The molecule has 2 aliphatic carbocycles. The van der Waals surface area contributed by atoms with Crippen LogP contribution >= 0.6 is 0 Å². The van der Waals surface area contributed by atoms with E-state index in [-0.39, 0.29) is 0 Å². The maximum Gasteiger partial charge on any atom is 0.141 e. The zero-order valence-corrected chi connectivity index (χ0v) is 17.3. The van der Waals surface area contributed by atoms with Gasteiger partial charge in [0.1, 0.15) is 5.76 Å². The van der Waals surface area contributed by atoms with Crippen LogP contribution in [0.3, 0.4) is 0 Å². The molecular formula is C23H27N5O. The van der Waals surface area contributed by atoms with Gasteiger partial charge in [-0.25, -0.2) is 0 Å². The summed E-state index contributed by atoms with van der Waals surface area (Å²) in [6.07, 6.45) is 4.99. The Balaban J connectivity index is 1.72. The van der Waals surface area contributed by atoms with E-state index in [0.29, 0.717) is 5.92 Å². The average molecular weight is 390 g/mol. The van der Waals surface area contributed by atoms with Gasteiger partial charge in [0.25, 0.3) is 0 Å². The minimum Gasteiger partial charge on any atom is -0.383 e. The fraction of sp³-hybridized carbons (Fsp3) is 0.435. The Morgan fingerprint density at radius 3 is 2.59 bits per heavy atom. The minimum absolute atomic E-state index is 0.540. The highest BCUT2D eigenvalue weighted by atomic mass is 16.5. The first-order valence-corrected chi connectivity index (χ1v) is 10.4. The van der Waals surface area contributed by atoms with Crippen LogP contribution in [0.1, 0.15) is 54.4 Å². The second-order valence-electron chi connectivity index (χ2n) is 8.48. The van der Waals surface area contributed by atoms with Gasteiger partial charge < -0.3 is 9.84 Å². The standard InChI is InChI=1S/C23H27N5O/c1-12-21(22(27-26-12)16-7-8-16)18-9-17(20-13(2)28-29-14(20)3)10-19(23(18)24-4)25-11-15-5-6-15/h9-10,15-16,25H,4-8,11H2,1-3H3,(H,26,27). The van der Waals surface area contributed by atoms with E-state index in [9.17, 15) is 0 Å². The summed E-state index contributed by atoms with van der Waals surface area (Å²) in [6.45, 7) is 10.9. The Hall–Kier alpha value is -2.89. The molecule has 2 aliphatic rings. The Bertz CT molecular complexity index is 1070. The van der Waals surface area contributed by atoms with Gasteiger partial charge in [-0.3, -0.25) is 10.1 Å². The highest BCUT2D eigenvalue weighted by Crippen LogP contribution is 2.49. The first-order chi connectivity index (χ1) is 14.1. The lowest BCUT2D eigenvalue weighted by molar-refractivity contribution is 0.393. The van der Waals surface area contributed by atoms with Crippen molar-refractivity contribution in [3.05, 3.63) is 35.0 Å². The Morgan fingerprint density at radius 1 is 1.17 bits per heavy atom. The summed E-state index contributed by atoms with van der Waals surface area (Å²) in [5, 5.41) is 15.6. The van der Waals surface area contributed by atoms with Crippen molar-refractivity contribution in [3.8, 4) is 22.3 Å². The first-order valence-electron chi connectivity index (χ1n) is 10.4. The summed E-state index contributed by atoms with van der Waals surface area (Å²) in [5.41, 5.74) is 9.40. The van der Waals surface area contributed by atoms with Crippen LogP contribution in [0.4, 0.5) is 11.4 Å². The zero-order chi connectivity index (χ0) is 20.1. The molecule has 2 heterocycles. The van der Waals surface area contributed by atoms with Crippen LogP contribution in [0.15, 0.2) is 21.6 Å². The van der Waals surface area contributed by atoms with E-state index < -0.39 is 0 Å². The molecule has 0 atom stereocenters. The molecule has 2 N–H and O–H groups in total. The van der Waals surface area contributed by atoms with Crippen LogP contribution in [0, 0.1) is 26.7 Å². The van der Waals surface area contributed by atoms with Gasteiger partial charge in [0.05, 0.1) is 22.8 Å². The Kier molecular flexibility index (Phi) is 4.30. The van der Waals surface area contributed by atoms with Gasteiger partial charge in [0.2, 0.25) is 0 Å². The number of aromatic amines is 1. The molecule has 6 nitrogen and oxygen atoms in total. The number of nitrogens with zero attached hydrogens (tertiary/aromatic N) is 3. The van der Waals surface area contributed by atoms with E-state index in [1.165, 1.54) is 25.7 Å². The molecule has 0 bridgehead atoms. The van der Waals surface area contributed by atoms with Crippen LogP contribution in [0.2, 0.25) is 0 Å². The van der Waals surface area contributed by atoms with Crippen molar-refractivity contribution in [2.75, 3.05) is 11.9 Å². The van der Waals surface area contributed by atoms with Crippen molar-refractivity contribution in [1.82, 2.24) is 15.4 Å². The smallest absolute Gasteiger partial charge is 0.141 e. The molecule has 1 aromatic carbocycles. The maximum absolute atomic E-state index is 5.46. The SMILES string of the molecule is C=Nc1c(NCC2CC2)cc(-c2c(C)noc2C)cc1-c1c(C2CC2)n[nH]c1C. The van der Waals surface area contributed by atoms with Crippen molar-refractivity contribution < 1.29 is 4.52 Å². The molecular weight excluding hydrogens is 362 g/mol. The van der Waals surface area contributed by atoms with Crippen molar-refractivity contribution in [1.29, 1.82) is 0 Å². The van der Waals surface area contributed by atoms with Gasteiger partial charge >= 0.3 is 0 Å². The molecule has 0 saturated heterocycles. The van der Waals surface area contributed by atoms with Gasteiger partial charge in [-0.15, -0.1) is 0 Å². The van der Waals surface area contributed by atoms with Crippen LogP contribution in [0.25, 0.3) is 22.3 Å². The lowest BCUT2D eigenvalue weighted by Gasteiger charge is -2.17. The van der Waals surface area contributed by atoms with Crippen LogP contribution < -0.4 is 5.32 Å². The lowest BCUT2D eigenvalue weighted by atomic mass is 9.93. The van der Waals surface area contributed by atoms with Crippen molar-refractivity contribution >= 4 is 18.1 Å². The third-order valence-electron chi connectivity index (χ3n) is 6.08. The molecule has 2 fully saturated rings. The zero-order valence-electron chi connectivity index (χ0n) is 17.3. The van der Waals surface area contributed by atoms with Gasteiger partial charge in [-0.05, 0) is 76.8 Å². The number of aromatic nitrogens is 3. The molecule has 0 radical (unpaired) electrons. The van der Waals surface area contributed by atoms with Crippen LogP contribution in [0.5, 0.6) is 0 Å². The largest absolute Gasteiger partial charge is 0.383 e. The summed E-state index contributed by atoms with van der Waals surface area (Å²) < 4.78 is 5.46. The number of benzene rings is 1. The second kappa shape index (κ2) is 6.87. The number of rotatable bonds is 7. The number of aryl methyl sites for hydroxylation is 3. The molecule has 2 saturated carbocycles. The Labute approximate surface area is 170 Å². The number of anilines is 1. The molecule has 0 unspecified atom stereocenters. The maximum atomic E-state index is 5.46.